The molecule has 0 radical (unpaired) electrons. The number of methoxy groups -OCH3 is 1. The van der Waals surface area contributed by atoms with Gasteiger partial charge in [0.15, 0.2) is 0 Å². The van der Waals surface area contributed by atoms with Gasteiger partial charge in [-0.25, -0.2) is 0 Å². The first-order valence-electron chi connectivity index (χ1n) is 6.56. The van der Waals surface area contributed by atoms with E-state index in [1.807, 2.05) is 19.1 Å². The molecule has 0 saturated carbocycles. The predicted molar refractivity (Wildman–Crippen MR) is 76.9 cm³/mol. The summed E-state index contributed by atoms with van der Waals surface area (Å²) in [5, 5.41) is 0. The lowest BCUT2D eigenvalue weighted by Gasteiger charge is -2.17. The van der Waals surface area contributed by atoms with Gasteiger partial charge in [-0.3, -0.25) is 0 Å². The van der Waals surface area contributed by atoms with Crippen LogP contribution in [0.15, 0.2) is 42.5 Å². The lowest BCUT2D eigenvalue weighted by Crippen LogP contribution is -2.17. The first kappa shape index (κ1) is 16.2. The van der Waals surface area contributed by atoms with Gasteiger partial charge >= 0.3 is 6.36 Å². The topological polar surface area (TPSA) is 44.5 Å². The van der Waals surface area contributed by atoms with Crippen LogP contribution in [0.4, 0.5) is 13.2 Å². The lowest BCUT2D eigenvalue weighted by molar-refractivity contribution is -0.274. The van der Waals surface area contributed by atoms with Crippen molar-refractivity contribution in [1.29, 1.82) is 0 Å². The second-order valence-corrected chi connectivity index (χ2v) is 4.82. The Hall–Kier alpha value is -2.21. The van der Waals surface area contributed by atoms with Crippen LogP contribution in [0.1, 0.15) is 22.7 Å². The fraction of sp³-hybridized carbons (Fsp3) is 0.250. The van der Waals surface area contributed by atoms with Crippen molar-refractivity contribution in [2.24, 2.45) is 5.73 Å². The zero-order valence-electron chi connectivity index (χ0n) is 12.1. The van der Waals surface area contributed by atoms with Gasteiger partial charge in [-0.05, 0) is 47.9 Å². The van der Waals surface area contributed by atoms with E-state index in [2.05, 4.69) is 4.74 Å². The molecule has 2 rings (SSSR count). The number of rotatable bonds is 4. The summed E-state index contributed by atoms with van der Waals surface area (Å²) in [6.07, 6.45) is -4.70. The Labute approximate surface area is 126 Å². The Balaban J connectivity index is 2.21. The molecule has 2 aromatic carbocycles. The van der Waals surface area contributed by atoms with Crippen LogP contribution in [-0.4, -0.2) is 13.5 Å². The molecule has 1 atom stereocenters. The second kappa shape index (κ2) is 6.27. The first-order valence-corrected chi connectivity index (χ1v) is 6.56. The molecule has 3 nitrogen and oxygen atoms in total. The van der Waals surface area contributed by atoms with Gasteiger partial charge in [-0.15, -0.1) is 13.2 Å². The third-order valence-corrected chi connectivity index (χ3v) is 3.28. The number of aryl methyl sites for hydroxylation is 1. The summed E-state index contributed by atoms with van der Waals surface area (Å²) in [6, 6.07) is 10.6. The van der Waals surface area contributed by atoms with Crippen LogP contribution in [0.3, 0.4) is 0 Å². The van der Waals surface area contributed by atoms with Gasteiger partial charge in [-0.2, -0.15) is 0 Å². The average molecular weight is 311 g/mol. The van der Waals surface area contributed by atoms with Crippen molar-refractivity contribution >= 4 is 0 Å². The molecule has 0 saturated heterocycles. The Morgan fingerprint density at radius 3 is 2.09 bits per heavy atom. The number of halogens is 3. The van der Waals surface area contributed by atoms with E-state index < -0.39 is 12.4 Å². The number of hydrogen-bond donors (Lipinski definition) is 1. The monoisotopic (exact) mass is 311 g/mol. The van der Waals surface area contributed by atoms with Gasteiger partial charge in [0.1, 0.15) is 11.5 Å². The van der Waals surface area contributed by atoms with E-state index >= 15 is 0 Å². The zero-order chi connectivity index (χ0) is 16.3. The number of ether oxygens (including phenoxy) is 2. The van der Waals surface area contributed by atoms with Crippen LogP contribution in [0, 0.1) is 6.92 Å². The van der Waals surface area contributed by atoms with Crippen molar-refractivity contribution in [1.82, 2.24) is 0 Å². The molecular weight excluding hydrogens is 295 g/mol. The van der Waals surface area contributed by atoms with Crippen molar-refractivity contribution in [2.45, 2.75) is 19.3 Å². The van der Waals surface area contributed by atoms with E-state index in [0.29, 0.717) is 5.56 Å². The van der Waals surface area contributed by atoms with E-state index in [4.69, 9.17) is 10.5 Å². The van der Waals surface area contributed by atoms with Crippen LogP contribution in [-0.2, 0) is 0 Å². The molecule has 0 spiro atoms. The SMILES string of the molecule is COc1ccc([C@H](N)c2ccc(OC(F)(F)F)cc2)c(C)c1. The van der Waals surface area contributed by atoms with Crippen LogP contribution < -0.4 is 15.2 Å². The van der Waals surface area contributed by atoms with Crippen LogP contribution in [0.25, 0.3) is 0 Å². The van der Waals surface area contributed by atoms with E-state index in [1.54, 1.807) is 13.2 Å². The smallest absolute Gasteiger partial charge is 0.497 e. The van der Waals surface area contributed by atoms with Crippen molar-refractivity contribution in [3.8, 4) is 11.5 Å². The van der Waals surface area contributed by atoms with E-state index in [-0.39, 0.29) is 5.75 Å². The predicted octanol–water partition coefficient (Wildman–Crippen LogP) is 3.95. The molecule has 2 N–H and O–H groups in total. The van der Waals surface area contributed by atoms with Crippen molar-refractivity contribution in [2.75, 3.05) is 7.11 Å². The van der Waals surface area contributed by atoms with Crippen molar-refractivity contribution in [3.05, 3.63) is 59.2 Å². The maximum atomic E-state index is 12.1. The summed E-state index contributed by atoms with van der Waals surface area (Å²) in [6.45, 7) is 1.90. The molecule has 0 amide bonds. The van der Waals surface area contributed by atoms with Crippen LogP contribution in [0.5, 0.6) is 11.5 Å². The maximum absolute atomic E-state index is 12.1. The summed E-state index contributed by atoms with van der Waals surface area (Å²) in [5.74, 6) is 0.456. The molecular formula is C16H16F3NO2. The quantitative estimate of drug-likeness (QED) is 0.930. The standard InChI is InChI=1S/C16H16F3NO2/c1-10-9-13(21-2)7-8-14(10)15(20)11-3-5-12(6-4-11)22-16(17,18)19/h3-9,15H,20H2,1-2H3/t15-/m1/s1. The Morgan fingerprint density at radius 1 is 1.00 bits per heavy atom. The third-order valence-electron chi connectivity index (χ3n) is 3.28. The molecule has 118 valence electrons. The fourth-order valence-electron chi connectivity index (χ4n) is 2.18. The summed E-state index contributed by atoms with van der Waals surface area (Å²) in [5.41, 5.74) is 8.71. The lowest BCUT2D eigenvalue weighted by atomic mass is 9.95. The van der Waals surface area contributed by atoms with E-state index in [0.717, 1.165) is 16.9 Å². The van der Waals surface area contributed by atoms with Crippen LogP contribution in [0.2, 0.25) is 0 Å². The highest BCUT2D eigenvalue weighted by atomic mass is 19.4. The number of hydrogen-bond acceptors (Lipinski definition) is 3. The molecule has 22 heavy (non-hydrogen) atoms. The normalized spacial score (nSPS) is 12.8. The van der Waals surface area contributed by atoms with Gasteiger partial charge < -0.3 is 15.2 Å². The Kier molecular flexibility index (Phi) is 4.61. The summed E-state index contributed by atoms with van der Waals surface area (Å²) in [7, 11) is 1.58. The molecule has 6 heteroatoms. The van der Waals surface area contributed by atoms with E-state index in [9.17, 15) is 13.2 Å². The van der Waals surface area contributed by atoms with Gasteiger partial charge in [-0.1, -0.05) is 18.2 Å². The molecule has 0 aliphatic rings. The average Bonchev–Trinajstić information content (AvgIpc) is 2.45. The highest BCUT2D eigenvalue weighted by Crippen LogP contribution is 2.28. The number of benzene rings is 2. The minimum absolute atomic E-state index is 0.269. The van der Waals surface area contributed by atoms with Crippen molar-refractivity contribution < 1.29 is 22.6 Å². The third kappa shape index (κ3) is 3.92. The number of nitrogens with two attached hydrogens (primary N) is 1. The van der Waals surface area contributed by atoms with Gasteiger partial charge in [0.25, 0.3) is 0 Å². The van der Waals surface area contributed by atoms with Crippen molar-refractivity contribution in [3.63, 3.8) is 0 Å². The fourth-order valence-corrected chi connectivity index (χ4v) is 2.18. The zero-order valence-corrected chi connectivity index (χ0v) is 12.1. The highest BCUT2D eigenvalue weighted by Gasteiger charge is 2.31. The van der Waals surface area contributed by atoms with E-state index in [1.165, 1.54) is 24.3 Å². The molecule has 0 unspecified atom stereocenters. The largest absolute Gasteiger partial charge is 0.573 e. The Morgan fingerprint density at radius 2 is 1.59 bits per heavy atom. The maximum Gasteiger partial charge on any atom is 0.573 e. The molecule has 2 aromatic rings. The molecule has 0 fully saturated rings. The second-order valence-electron chi connectivity index (χ2n) is 4.82. The first-order chi connectivity index (χ1) is 10.3. The van der Waals surface area contributed by atoms with Crippen LogP contribution >= 0.6 is 0 Å². The van der Waals surface area contributed by atoms with Gasteiger partial charge in [0.2, 0.25) is 0 Å². The minimum Gasteiger partial charge on any atom is -0.497 e. The highest BCUT2D eigenvalue weighted by molar-refractivity contribution is 5.42. The summed E-state index contributed by atoms with van der Waals surface area (Å²) >= 11 is 0. The molecule has 0 aliphatic carbocycles. The minimum atomic E-state index is -4.70. The molecule has 0 aliphatic heterocycles. The Bertz CT molecular complexity index is 639. The molecule has 0 heterocycles. The number of alkyl halides is 3. The molecule has 0 bridgehead atoms. The van der Waals surface area contributed by atoms with Gasteiger partial charge in [0.05, 0.1) is 13.2 Å². The van der Waals surface area contributed by atoms with Gasteiger partial charge in [0, 0.05) is 0 Å². The molecule has 0 aromatic heterocycles. The summed E-state index contributed by atoms with van der Waals surface area (Å²) < 4.78 is 45.4. The summed E-state index contributed by atoms with van der Waals surface area (Å²) in [4.78, 5) is 0.